The number of rotatable bonds is 7. The van der Waals surface area contributed by atoms with Gasteiger partial charge in [-0.2, -0.15) is 13.2 Å². The molecule has 2 aromatic rings. The highest BCUT2D eigenvalue weighted by Gasteiger charge is 2.30. The zero-order chi connectivity index (χ0) is 18.4. The molecule has 1 heterocycles. The van der Waals surface area contributed by atoms with Gasteiger partial charge >= 0.3 is 12.1 Å². The van der Waals surface area contributed by atoms with E-state index >= 15 is 0 Å². The molecule has 0 radical (unpaired) electrons. The Kier molecular flexibility index (Phi) is 6.06. The number of benzene rings is 1. The lowest BCUT2D eigenvalue weighted by atomic mass is 10.1. The van der Waals surface area contributed by atoms with Crippen molar-refractivity contribution in [2.24, 2.45) is 0 Å². The van der Waals surface area contributed by atoms with Crippen LogP contribution in [0.1, 0.15) is 41.4 Å². The lowest BCUT2D eigenvalue weighted by molar-refractivity contribution is -0.137. The van der Waals surface area contributed by atoms with Gasteiger partial charge < -0.3 is 9.47 Å². The van der Waals surface area contributed by atoms with E-state index in [-0.39, 0.29) is 18.1 Å². The van der Waals surface area contributed by atoms with Gasteiger partial charge in [0.15, 0.2) is 5.69 Å². The highest BCUT2D eigenvalue weighted by molar-refractivity contribution is 5.87. The van der Waals surface area contributed by atoms with Gasteiger partial charge in [0.2, 0.25) is 5.88 Å². The number of alkyl halides is 3. The first-order valence-electron chi connectivity index (χ1n) is 7.80. The van der Waals surface area contributed by atoms with Crippen molar-refractivity contribution in [1.82, 2.24) is 9.78 Å². The van der Waals surface area contributed by atoms with Crippen LogP contribution in [0.25, 0.3) is 0 Å². The van der Waals surface area contributed by atoms with Gasteiger partial charge in [0.05, 0.1) is 25.8 Å². The molecular weight excluding hydrogens is 337 g/mol. The molecule has 1 aromatic heterocycles. The summed E-state index contributed by atoms with van der Waals surface area (Å²) in [5, 5.41) is 4.19. The number of halogens is 3. The maximum Gasteiger partial charge on any atom is 0.416 e. The van der Waals surface area contributed by atoms with Gasteiger partial charge in [-0.05, 0) is 24.1 Å². The number of unbranched alkanes of at least 4 members (excludes halogenated alkanes) is 1. The van der Waals surface area contributed by atoms with E-state index in [0.29, 0.717) is 12.2 Å². The number of aromatic nitrogens is 2. The second-order valence-electron chi connectivity index (χ2n) is 5.41. The number of carbonyl (C=O) groups excluding carboxylic acids is 1. The van der Waals surface area contributed by atoms with Crippen LogP contribution in [0, 0.1) is 0 Å². The number of carbonyl (C=O) groups is 1. The fourth-order valence-corrected chi connectivity index (χ4v) is 2.15. The fourth-order valence-electron chi connectivity index (χ4n) is 2.15. The van der Waals surface area contributed by atoms with Crippen molar-refractivity contribution in [1.29, 1.82) is 0 Å². The molecule has 8 heteroatoms. The van der Waals surface area contributed by atoms with Crippen LogP contribution in [0.4, 0.5) is 13.2 Å². The lowest BCUT2D eigenvalue weighted by Crippen LogP contribution is -2.13. The van der Waals surface area contributed by atoms with Gasteiger partial charge in [-0.15, -0.1) is 5.10 Å². The molecule has 136 valence electrons. The summed E-state index contributed by atoms with van der Waals surface area (Å²) in [7, 11) is 1.25. The average molecular weight is 356 g/mol. The van der Waals surface area contributed by atoms with E-state index in [1.165, 1.54) is 30.0 Å². The third kappa shape index (κ3) is 4.98. The molecule has 1 aromatic carbocycles. The summed E-state index contributed by atoms with van der Waals surface area (Å²) in [5.41, 5.74) is 0.0174. The summed E-state index contributed by atoms with van der Waals surface area (Å²) in [6, 6.07) is 6.16. The topological polar surface area (TPSA) is 53.4 Å². The summed E-state index contributed by atoms with van der Waals surface area (Å²) in [5.74, 6) is -0.314. The first kappa shape index (κ1) is 18.8. The number of methoxy groups -OCH3 is 1. The quantitative estimate of drug-likeness (QED) is 0.557. The second-order valence-corrected chi connectivity index (χ2v) is 5.41. The van der Waals surface area contributed by atoms with Crippen LogP contribution in [-0.4, -0.2) is 29.5 Å². The lowest BCUT2D eigenvalue weighted by Gasteiger charge is -2.09. The second kappa shape index (κ2) is 8.04. The van der Waals surface area contributed by atoms with Crippen LogP contribution < -0.4 is 4.74 Å². The molecule has 0 unspecified atom stereocenters. The Morgan fingerprint density at radius 2 is 1.92 bits per heavy atom. The van der Waals surface area contributed by atoms with Gasteiger partial charge in [-0.3, -0.25) is 0 Å². The number of nitrogens with zero attached hydrogens (tertiary/aromatic N) is 2. The average Bonchev–Trinajstić information content (AvgIpc) is 2.97. The van der Waals surface area contributed by atoms with Crippen molar-refractivity contribution in [2.75, 3.05) is 13.7 Å². The molecule has 2 rings (SSSR count). The fraction of sp³-hybridized carbons (Fsp3) is 0.412. The monoisotopic (exact) mass is 356 g/mol. The van der Waals surface area contributed by atoms with Gasteiger partial charge in [-0.1, -0.05) is 25.5 Å². The summed E-state index contributed by atoms with van der Waals surface area (Å²) >= 11 is 0. The van der Waals surface area contributed by atoms with E-state index < -0.39 is 17.7 Å². The summed E-state index contributed by atoms with van der Waals surface area (Å²) in [4.78, 5) is 11.9. The molecule has 0 N–H and O–H groups in total. The van der Waals surface area contributed by atoms with Crippen LogP contribution in [0.5, 0.6) is 5.88 Å². The van der Waals surface area contributed by atoms with E-state index in [9.17, 15) is 18.0 Å². The minimum absolute atomic E-state index is 0.125. The molecule has 0 atom stereocenters. The summed E-state index contributed by atoms with van der Waals surface area (Å²) in [6.45, 7) is 2.61. The van der Waals surface area contributed by atoms with Gasteiger partial charge in [0, 0.05) is 6.07 Å². The van der Waals surface area contributed by atoms with E-state index in [1.54, 1.807) is 0 Å². The van der Waals surface area contributed by atoms with Crippen LogP contribution in [0.15, 0.2) is 30.3 Å². The van der Waals surface area contributed by atoms with Crippen LogP contribution >= 0.6 is 0 Å². The Hall–Kier alpha value is -2.51. The molecule has 0 aliphatic carbocycles. The van der Waals surface area contributed by atoms with Crippen LogP contribution in [0.3, 0.4) is 0 Å². The number of esters is 1. The van der Waals surface area contributed by atoms with Crippen molar-refractivity contribution in [3.63, 3.8) is 0 Å². The highest BCUT2D eigenvalue weighted by Crippen LogP contribution is 2.29. The van der Waals surface area contributed by atoms with Crippen molar-refractivity contribution >= 4 is 5.97 Å². The summed E-state index contributed by atoms with van der Waals surface area (Å²) in [6.07, 6.45) is -2.59. The SMILES string of the molecule is CCCCOc1cc(C(=O)OC)n(Cc2ccc(C(F)(F)F)cc2)n1. The van der Waals surface area contributed by atoms with Crippen molar-refractivity contribution in [2.45, 2.75) is 32.5 Å². The number of hydrogen-bond acceptors (Lipinski definition) is 4. The van der Waals surface area contributed by atoms with Crippen LogP contribution in [-0.2, 0) is 17.5 Å². The Morgan fingerprint density at radius 3 is 2.48 bits per heavy atom. The normalized spacial score (nSPS) is 11.4. The third-order valence-corrected chi connectivity index (χ3v) is 3.51. The zero-order valence-electron chi connectivity index (χ0n) is 14.0. The molecule has 0 spiro atoms. The Morgan fingerprint density at radius 1 is 1.24 bits per heavy atom. The number of hydrogen-bond donors (Lipinski definition) is 0. The Labute approximate surface area is 143 Å². The van der Waals surface area contributed by atoms with Gasteiger partial charge in [-0.25, -0.2) is 9.48 Å². The van der Waals surface area contributed by atoms with Crippen molar-refractivity contribution in [3.05, 3.63) is 47.2 Å². The molecule has 25 heavy (non-hydrogen) atoms. The molecule has 0 saturated carbocycles. The molecule has 0 saturated heterocycles. The predicted molar refractivity (Wildman–Crippen MR) is 84.5 cm³/mol. The zero-order valence-corrected chi connectivity index (χ0v) is 14.0. The van der Waals surface area contributed by atoms with E-state index in [1.807, 2.05) is 6.92 Å². The molecule has 0 aliphatic rings. The van der Waals surface area contributed by atoms with Crippen LogP contribution in [0.2, 0.25) is 0 Å². The first-order chi connectivity index (χ1) is 11.8. The molecule has 0 fully saturated rings. The number of ether oxygens (including phenoxy) is 2. The van der Waals surface area contributed by atoms with Crippen molar-refractivity contribution < 1.29 is 27.4 Å². The molecule has 0 aliphatic heterocycles. The van der Waals surface area contributed by atoms with Crippen molar-refractivity contribution in [3.8, 4) is 5.88 Å². The smallest absolute Gasteiger partial charge is 0.416 e. The largest absolute Gasteiger partial charge is 0.477 e. The minimum atomic E-state index is -4.39. The van der Waals surface area contributed by atoms with E-state index in [0.717, 1.165) is 25.0 Å². The molecular formula is C17H19F3N2O3. The maximum atomic E-state index is 12.6. The maximum absolute atomic E-state index is 12.6. The Balaban J connectivity index is 2.20. The summed E-state index contributed by atoms with van der Waals surface area (Å²) < 4.78 is 49.4. The predicted octanol–water partition coefficient (Wildman–Crippen LogP) is 3.92. The van der Waals surface area contributed by atoms with Gasteiger partial charge in [0.25, 0.3) is 0 Å². The highest BCUT2D eigenvalue weighted by atomic mass is 19.4. The molecule has 0 amide bonds. The van der Waals surface area contributed by atoms with E-state index in [4.69, 9.17) is 9.47 Å². The standard InChI is InChI=1S/C17H19F3N2O3/c1-3-4-9-25-15-10-14(16(23)24-2)22(21-15)11-12-5-7-13(8-6-12)17(18,19)20/h5-8,10H,3-4,9,11H2,1-2H3. The first-order valence-corrected chi connectivity index (χ1v) is 7.80. The van der Waals surface area contributed by atoms with E-state index in [2.05, 4.69) is 5.10 Å². The Bertz CT molecular complexity index is 709. The minimum Gasteiger partial charge on any atom is -0.477 e. The third-order valence-electron chi connectivity index (χ3n) is 3.51. The van der Waals surface area contributed by atoms with Gasteiger partial charge in [0.1, 0.15) is 0 Å². The molecule has 5 nitrogen and oxygen atoms in total. The molecule has 0 bridgehead atoms.